The van der Waals surface area contributed by atoms with Gasteiger partial charge in [-0.05, 0) is 31.0 Å². The Morgan fingerprint density at radius 3 is 2.50 bits per heavy atom. The minimum atomic E-state index is -0.188. The van der Waals surface area contributed by atoms with Crippen molar-refractivity contribution in [2.75, 3.05) is 13.7 Å². The Bertz CT molecular complexity index is 1400. The van der Waals surface area contributed by atoms with Crippen LogP contribution in [0.15, 0.2) is 84.0 Å². The monoisotopic (exact) mass is 449 g/mol. The second-order valence-electron chi connectivity index (χ2n) is 8.68. The summed E-state index contributed by atoms with van der Waals surface area (Å²) in [4.78, 5) is 17.9. The van der Waals surface area contributed by atoms with Crippen molar-refractivity contribution >= 4 is 22.5 Å². The van der Waals surface area contributed by atoms with Gasteiger partial charge in [0.25, 0.3) is 5.91 Å². The van der Waals surface area contributed by atoms with Crippen LogP contribution in [0.5, 0.6) is 0 Å². The summed E-state index contributed by atoms with van der Waals surface area (Å²) < 4.78 is 5.17. The number of nitrogens with zero attached hydrogens (tertiary/aromatic N) is 3. The van der Waals surface area contributed by atoms with Crippen molar-refractivity contribution in [3.05, 3.63) is 101 Å². The number of rotatable bonds is 5. The Balaban J connectivity index is 1.71. The predicted octanol–water partition coefficient (Wildman–Crippen LogP) is 5.84. The molecule has 0 saturated heterocycles. The van der Waals surface area contributed by atoms with E-state index in [2.05, 4.69) is 43.3 Å². The van der Waals surface area contributed by atoms with Crippen molar-refractivity contribution in [2.24, 2.45) is 5.10 Å². The topological polar surface area (TPSA) is 54.8 Å². The fourth-order valence-electron chi connectivity index (χ4n) is 4.81. The largest absolute Gasteiger partial charge is 0.375 e. The van der Waals surface area contributed by atoms with Gasteiger partial charge in [-0.15, -0.1) is 0 Å². The summed E-state index contributed by atoms with van der Waals surface area (Å²) in [5.41, 5.74) is 8.14. The highest BCUT2D eigenvalue weighted by Gasteiger charge is 2.35. The fourth-order valence-corrected chi connectivity index (χ4v) is 4.81. The number of benzene rings is 3. The normalized spacial score (nSPS) is 15.6. The van der Waals surface area contributed by atoms with Crippen molar-refractivity contribution in [1.82, 2.24) is 9.99 Å². The third kappa shape index (κ3) is 3.99. The van der Waals surface area contributed by atoms with Crippen LogP contribution in [0.1, 0.15) is 34.8 Å². The molecule has 1 aliphatic rings. The average molecular weight is 450 g/mol. The zero-order valence-corrected chi connectivity index (χ0v) is 19.7. The van der Waals surface area contributed by atoms with Gasteiger partial charge >= 0.3 is 0 Å². The maximum absolute atomic E-state index is 13.0. The molecule has 0 spiro atoms. The average Bonchev–Trinajstić information content (AvgIpc) is 3.29. The number of amides is 1. The third-order valence-electron chi connectivity index (χ3n) is 6.29. The van der Waals surface area contributed by atoms with Gasteiger partial charge in [0.1, 0.15) is 6.61 Å². The first kappa shape index (κ1) is 22.0. The van der Waals surface area contributed by atoms with E-state index < -0.39 is 0 Å². The second-order valence-corrected chi connectivity index (χ2v) is 8.68. The number of aromatic nitrogens is 1. The number of ether oxygens (including phenoxy) is 1. The first-order valence-electron chi connectivity index (χ1n) is 11.5. The molecule has 1 atom stereocenters. The molecule has 0 radical (unpaired) electrons. The quantitative estimate of drug-likeness (QED) is 0.384. The Labute approximate surface area is 199 Å². The molecule has 0 saturated carbocycles. The molecule has 1 amide bonds. The lowest BCUT2D eigenvalue weighted by Gasteiger charge is -2.22. The minimum absolute atomic E-state index is 0.0143. The summed E-state index contributed by atoms with van der Waals surface area (Å²) in [7, 11) is 1.53. The fraction of sp³-hybridized carbons (Fsp3) is 0.207. The molecule has 0 aliphatic carbocycles. The maximum atomic E-state index is 13.0. The van der Waals surface area contributed by atoms with Crippen molar-refractivity contribution in [1.29, 1.82) is 0 Å². The van der Waals surface area contributed by atoms with E-state index in [4.69, 9.17) is 14.8 Å². The molecule has 170 valence electrons. The van der Waals surface area contributed by atoms with Crippen LogP contribution >= 0.6 is 0 Å². The minimum Gasteiger partial charge on any atom is -0.375 e. The van der Waals surface area contributed by atoms with Gasteiger partial charge in [-0.1, -0.05) is 78.4 Å². The molecule has 5 heteroatoms. The number of hydrogen-bond donors (Lipinski definition) is 0. The highest BCUT2D eigenvalue weighted by molar-refractivity contribution is 6.14. The zero-order chi connectivity index (χ0) is 23.7. The zero-order valence-electron chi connectivity index (χ0n) is 19.7. The van der Waals surface area contributed by atoms with E-state index in [0.29, 0.717) is 6.42 Å². The van der Waals surface area contributed by atoms with Gasteiger partial charge in [0.2, 0.25) is 0 Å². The number of methoxy groups -OCH3 is 1. The van der Waals surface area contributed by atoms with Gasteiger partial charge in [-0.25, -0.2) is 5.01 Å². The van der Waals surface area contributed by atoms with Crippen LogP contribution in [-0.2, 0) is 9.53 Å². The number of hydrogen-bond acceptors (Lipinski definition) is 4. The molecule has 2 heterocycles. The van der Waals surface area contributed by atoms with E-state index in [1.165, 1.54) is 7.11 Å². The molecule has 0 bridgehead atoms. The van der Waals surface area contributed by atoms with Crippen LogP contribution in [0, 0.1) is 13.8 Å². The highest BCUT2D eigenvalue weighted by atomic mass is 16.5. The van der Waals surface area contributed by atoms with Gasteiger partial charge in [0.05, 0.1) is 17.3 Å². The molecule has 4 aromatic rings. The van der Waals surface area contributed by atoms with Crippen molar-refractivity contribution in [2.45, 2.75) is 26.3 Å². The molecular formula is C29H27N3O2. The summed E-state index contributed by atoms with van der Waals surface area (Å²) in [6.07, 6.45) is 0.611. The number of aryl methyl sites for hydroxylation is 2. The molecule has 1 aliphatic heterocycles. The molecule has 34 heavy (non-hydrogen) atoms. The lowest BCUT2D eigenvalue weighted by molar-refractivity contribution is -0.137. The van der Waals surface area contributed by atoms with E-state index in [-0.39, 0.29) is 18.6 Å². The van der Waals surface area contributed by atoms with Crippen molar-refractivity contribution in [3.8, 4) is 11.1 Å². The van der Waals surface area contributed by atoms with E-state index in [0.717, 1.165) is 50.1 Å². The molecule has 0 fully saturated rings. The number of hydrazone groups is 1. The van der Waals surface area contributed by atoms with Gasteiger partial charge in [0.15, 0.2) is 0 Å². The molecule has 5 nitrogen and oxygen atoms in total. The number of pyridine rings is 1. The number of fused-ring (bicyclic) bond motifs is 1. The lowest BCUT2D eigenvalue weighted by Crippen LogP contribution is -2.30. The standard InChI is InChI=1S/C29H27N3O2/c1-19-10-9-13-22(16-19)26-17-25(31-32(26)27(33)18-34-3)28-20(2)30-24-15-8-7-14-23(24)29(28)21-11-5-4-6-12-21/h4-16,26H,17-18H2,1-3H3/t26-/m1/s1. The predicted molar refractivity (Wildman–Crippen MR) is 136 cm³/mol. The van der Waals surface area contributed by atoms with E-state index in [1.54, 1.807) is 5.01 Å². The summed E-state index contributed by atoms with van der Waals surface area (Å²) >= 11 is 0. The van der Waals surface area contributed by atoms with Crippen molar-refractivity contribution < 1.29 is 9.53 Å². The number of para-hydroxylation sites is 1. The van der Waals surface area contributed by atoms with Crippen LogP contribution in [0.4, 0.5) is 0 Å². The van der Waals surface area contributed by atoms with Crippen LogP contribution in [0.2, 0.25) is 0 Å². The van der Waals surface area contributed by atoms with Gasteiger partial charge in [-0.3, -0.25) is 9.78 Å². The molecule has 5 rings (SSSR count). The maximum Gasteiger partial charge on any atom is 0.269 e. The summed E-state index contributed by atoms with van der Waals surface area (Å²) in [5.74, 6) is -0.156. The lowest BCUT2D eigenvalue weighted by atomic mass is 9.89. The van der Waals surface area contributed by atoms with Crippen LogP contribution in [0.3, 0.4) is 0 Å². The molecule has 0 unspecified atom stereocenters. The summed E-state index contributed by atoms with van der Waals surface area (Å²) in [6, 6.07) is 26.6. The summed E-state index contributed by atoms with van der Waals surface area (Å²) in [5, 5.41) is 7.57. The van der Waals surface area contributed by atoms with Gasteiger partial charge in [-0.2, -0.15) is 5.10 Å². The first-order chi connectivity index (χ1) is 16.6. The Kier molecular flexibility index (Phi) is 5.95. The van der Waals surface area contributed by atoms with Crippen LogP contribution in [-0.4, -0.2) is 35.3 Å². The van der Waals surface area contributed by atoms with Gasteiger partial charge in [0, 0.05) is 35.7 Å². The summed E-state index contributed by atoms with van der Waals surface area (Å²) in [6.45, 7) is 4.07. The molecule has 3 aromatic carbocycles. The number of carbonyl (C=O) groups excluding carboxylic acids is 1. The number of carbonyl (C=O) groups is 1. The molecule has 0 N–H and O–H groups in total. The van der Waals surface area contributed by atoms with E-state index in [1.807, 2.05) is 49.4 Å². The highest BCUT2D eigenvalue weighted by Crippen LogP contribution is 2.39. The van der Waals surface area contributed by atoms with Crippen LogP contribution in [0.25, 0.3) is 22.0 Å². The van der Waals surface area contributed by atoms with E-state index in [9.17, 15) is 4.79 Å². The molecular weight excluding hydrogens is 422 g/mol. The second kappa shape index (κ2) is 9.20. The Morgan fingerprint density at radius 1 is 0.971 bits per heavy atom. The van der Waals surface area contributed by atoms with Crippen molar-refractivity contribution in [3.63, 3.8) is 0 Å². The Hall–Kier alpha value is -3.83. The SMILES string of the molecule is COCC(=O)N1N=C(c2c(C)nc3ccccc3c2-c2ccccc2)C[C@@H]1c1cccc(C)c1. The third-order valence-corrected chi connectivity index (χ3v) is 6.29. The smallest absolute Gasteiger partial charge is 0.269 e. The Morgan fingerprint density at radius 2 is 1.74 bits per heavy atom. The molecule has 1 aromatic heterocycles. The van der Waals surface area contributed by atoms with Gasteiger partial charge < -0.3 is 4.74 Å². The van der Waals surface area contributed by atoms with E-state index >= 15 is 0 Å². The first-order valence-corrected chi connectivity index (χ1v) is 11.5. The van der Waals surface area contributed by atoms with Crippen LogP contribution < -0.4 is 0 Å².